The highest BCUT2D eigenvalue weighted by atomic mass is 17.2. The molecule has 0 bridgehead atoms. The predicted octanol–water partition coefficient (Wildman–Crippen LogP) is 1.02. The van der Waals surface area contributed by atoms with Gasteiger partial charge in [-0.3, -0.25) is 4.79 Å². The molecule has 64 valence electrons. The minimum atomic E-state index is -0.117. The largest absolute Gasteiger partial charge is 0.507 e. The van der Waals surface area contributed by atoms with Gasteiger partial charge in [0.2, 0.25) is 0 Å². The van der Waals surface area contributed by atoms with Gasteiger partial charge in [0, 0.05) is 0 Å². The fourth-order valence-electron chi connectivity index (χ4n) is 0.765. The molecule has 0 amide bonds. The van der Waals surface area contributed by atoms with Crippen molar-refractivity contribution in [3.05, 3.63) is 23.8 Å². The summed E-state index contributed by atoms with van der Waals surface area (Å²) in [5.74, 6) is -0.117. The SMILES string of the molecule is O=Cc1cc(NOO)ccc1O. The first-order valence-corrected chi connectivity index (χ1v) is 3.12. The van der Waals surface area contributed by atoms with Crippen LogP contribution in [-0.4, -0.2) is 16.6 Å². The van der Waals surface area contributed by atoms with Crippen LogP contribution in [-0.2, 0) is 4.99 Å². The Balaban J connectivity index is 2.96. The third-order valence-electron chi connectivity index (χ3n) is 1.32. The highest BCUT2D eigenvalue weighted by Crippen LogP contribution is 2.19. The molecule has 0 heterocycles. The lowest BCUT2D eigenvalue weighted by molar-refractivity contribution is -0.215. The Hall–Kier alpha value is -1.59. The van der Waals surface area contributed by atoms with Gasteiger partial charge in [-0.05, 0) is 18.2 Å². The van der Waals surface area contributed by atoms with Crippen LogP contribution in [0.5, 0.6) is 5.75 Å². The summed E-state index contributed by atoms with van der Waals surface area (Å²) in [6.45, 7) is 0. The fourth-order valence-corrected chi connectivity index (χ4v) is 0.765. The number of phenolic OH excluding ortho intramolecular Hbond substituents is 1. The zero-order valence-corrected chi connectivity index (χ0v) is 6.02. The van der Waals surface area contributed by atoms with E-state index in [1.807, 2.05) is 0 Å². The molecule has 0 aliphatic rings. The van der Waals surface area contributed by atoms with Gasteiger partial charge in [0.25, 0.3) is 0 Å². The zero-order valence-electron chi connectivity index (χ0n) is 6.02. The maximum atomic E-state index is 10.3. The van der Waals surface area contributed by atoms with Crippen molar-refractivity contribution in [3.8, 4) is 5.75 Å². The molecule has 1 aromatic carbocycles. The molecule has 5 heteroatoms. The van der Waals surface area contributed by atoms with Crippen LogP contribution in [0.4, 0.5) is 5.69 Å². The molecule has 3 N–H and O–H groups in total. The quantitative estimate of drug-likeness (QED) is 0.272. The van der Waals surface area contributed by atoms with Crippen LogP contribution in [0, 0.1) is 0 Å². The molecule has 0 spiro atoms. The molecule has 0 aliphatic carbocycles. The molecule has 0 aliphatic heterocycles. The first-order chi connectivity index (χ1) is 5.77. The number of rotatable bonds is 3. The van der Waals surface area contributed by atoms with Crippen molar-refractivity contribution >= 4 is 12.0 Å². The lowest BCUT2D eigenvalue weighted by atomic mass is 10.2. The van der Waals surface area contributed by atoms with Crippen molar-refractivity contribution in [2.75, 3.05) is 5.48 Å². The van der Waals surface area contributed by atoms with Crippen LogP contribution in [0.3, 0.4) is 0 Å². The van der Waals surface area contributed by atoms with Crippen molar-refractivity contribution in [3.63, 3.8) is 0 Å². The summed E-state index contributed by atoms with van der Waals surface area (Å²) in [5, 5.41) is 17.0. The summed E-state index contributed by atoms with van der Waals surface area (Å²) in [4.78, 5) is 13.9. The van der Waals surface area contributed by atoms with Gasteiger partial charge in [-0.1, -0.05) is 0 Å². The Kier molecular flexibility index (Phi) is 2.62. The van der Waals surface area contributed by atoms with Gasteiger partial charge >= 0.3 is 0 Å². The fraction of sp³-hybridized carbons (Fsp3) is 0. The van der Waals surface area contributed by atoms with E-state index in [1.165, 1.54) is 18.2 Å². The topological polar surface area (TPSA) is 78.8 Å². The van der Waals surface area contributed by atoms with Crippen LogP contribution in [0.25, 0.3) is 0 Å². The lowest BCUT2D eigenvalue weighted by Crippen LogP contribution is -1.96. The summed E-state index contributed by atoms with van der Waals surface area (Å²) in [6, 6.07) is 4.09. The van der Waals surface area contributed by atoms with E-state index in [9.17, 15) is 4.79 Å². The van der Waals surface area contributed by atoms with Gasteiger partial charge in [0.1, 0.15) is 5.75 Å². The van der Waals surface area contributed by atoms with E-state index < -0.39 is 0 Å². The molecule has 0 fully saturated rings. The Morgan fingerprint density at radius 3 is 2.83 bits per heavy atom. The summed E-state index contributed by atoms with van der Waals surface area (Å²) in [5.41, 5.74) is 2.59. The zero-order chi connectivity index (χ0) is 8.97. The normalized spacial score (nSPS) is 9.42. The number of benzene rings is 1. The number of carbonyl (C=O) groups excluding carboxylic acids is 1. The van der Waals surface area contributed by atoms with E-state index in [0.29, 0.717) is 12.0 Å². The molecule has 0 saturated carbocycles. The van der Waals surface area contributed by atoms with Crippen molar-refractivity contribution in [1.29, 1.82) is 0 Å². The molecule has 1 aromatic rings. The first kappa shape index (κ1) is 8.51. The second kappa shape index (κ2) is 3.70. The Morgan fingerprint density at radius 1 is 1.50 bits per heavy atom. The summed E-state index contributed by atoms with van der Waals surface area (Å²) >= 11 is 0. The van der Waals surface area contributed by atoms with Crippen LogP contribution >= 0.6 is 0 Å². The van der Waals surface area contributed by atoms with Crippen molar-refractivity contribution in [1.82, 2.24) is 0 Å². The van der Waals surface area contributed by atoms with Crippen molar-refractivity contribution in [2.24, 2.45) is 0 Å². The highest BCUT2D eigenvalue weighted by molar-refractivity contribution is 5.81. The second-order valence-corrected chi connectivity index (χ2v) is 2.08. The van der Waals surface area contributed by atoms with Crippen LogP contribution in [0.2, 0.25) is 0 Å². The molecular formula is C7H7NO4. The van der Waals surface area contributed by atoms with E-state index in [0.717, 1.165) is 0 Å². The number of aldehydes is 1. The van der Waals surface area contributed by atoms with Crippen LogP contribution < -0.4 is 5.48 Å². The van der Waals surface area contributed by atoms with Crippen LogP contribution in [0.15, 0.2) is 18.2 Å². The number of aromatic hydroxyl groups is 1. The van der Waals surface area contributed by atoms with Gasteiger partial charge < -0.3 is 5.11 Å². The average molecular weight is 169 g/mol. The Morgan fingerprint density at radius 2 is 2.25 bits per heavy atom. The highest BCUT2D eigenvalue weighted by Gasteiger charge is 2.00. The van der Waals surface area contributed by atoms with Gasteiger partial charge in [0.15, 0.2) is 6.29 Å². The number of nitrogens with one attached hydrogen (secondary N) is 1. The number of carbonyl (C=O) groups is 1. The maximum Gasteiger partial charge on any atom is 0.153 e. The molecule has 12 heavy (non-hydrogen) atoms. The monoisotopic (exact) mass is 169 g/mol. The first-order valence-electron chi connectivity index (χ1n) is 3.12. The summed E-state index contributed by atoms with van der Waals surface area (Å²) in [6.07, 6.45) is 0.498. The van der Waals surface area contributed by atoms with E-state index in [2.05, 4.69) is 10.5 Å². The molecule has 0 aromatic heterocycles. The summed E-state index contributed by atoms with van der Waals surface area (Å²) in [7, 11) is 0. The van der Waals surface area contributed by atoms with E-state index in [1.54, 1.807) is 0 Å². The Labute approximate surface area is 68.1 Å². The number of hydrogen-bond acceptors (Lipinski definition) is 5. The number of hydrogen-bond donors (Lipinski definition) is 3. The second-order valence-electron chi connectivity index (χ2n) is 2.08. The van der Waals surface area contributed by atoms with E-state index in [4.69, 9.17) is 10.4 Å². The smallest absolute Gasteiger partial charge is 0.153 e. The summed E-state index contributed by atoms with van der Waals surface area (Å²) < 4.78 is 0. The van der Waals surface area contributed by atoms with Gasteiger partial charge in [-0.15, -0.1) is 4.99 Å². The third kappa shape index (κ3) is 1.71. The number of phenols is 1. The molecule has 0 unspecified atom stereocenters. The number of anilines is 1. The minimum absolute atomic E-state index is 0.117. The predicted molar refractivity (Wildman–Crippen MR) is 40.8 cm³/mol. The van der Waals surface area contributed by atoms with Gasteiger partial charge in [-0.2, -0.15) is 0 Å². The molecular weight excluding hydrogens is 162 g/mol. The molecule has 5 nitrogen and oxygen atoms in total. The van der Waals surface area contributed by atoms with Crippen LogP contribution in [0.1, 0.15) is 10.4 Å². The Bertz CT molecular complexity index is 287. The minimum Gasteiger partial charge on any atom is -0.507 e. The van der Waals surface area contributed by atoms with Crippen molar-refractivity contribution < 1.29 is 20.1 Å². The molecule has 0 atom stereocenters. The molecule has 0 saturated heterocycles. The van der Waals surface area contributed by atoms with Gasteiger partial charge in [-0.25, -0.2) is 10.7 Å². The van der Waals surface area contributed by atoms with E-state index in [-0.39, 0.29) is 11.3 Å². The average Bonchev–Trinajstić information content (AvgIpc) is 2.09. The lowest BCUT2D eigenvalue weighted by Gasteiger charge is -2.02. The van der Waals surface area contributed by atoms with E-state index >= 15 is 0 Å². The third-order valence-corrected chi connectivity index (χ3v) is 1.32. The van der Waals surface area contributed by atoms with Crippen molar-refractivity contribution in [2.45, 2.75) is 0 Å². The standard InChI is InChI=1S/C7H7NO4/c9-4-5-3-6(8-12-11)1-2-7(5)10/h1-4,8,10-11H. The molecule has 1 rings (SSSR count). The molecule has 0 radical (unpaired) electrons. The maximum absolute atomic E-state index is 10.3. The van der Waals surface area contributed by atoms with Gasteiger partial charge in [0.05, 0.1) is 11.3 Å².